The zero-order valence-corrected chi connectivity index (χ0v) is 10.7. The van der Waals surface area contributed by atoms with E-state index in [0.29, 0.717) is 0 Å². The number of hydrogen-bond acceptors (Lipinski definition) is 1. The Hall–Kier alpha value is -1.76. The summed E-state index contributed by atoms with van der Waals surface area (Å²) in [5.74, 6) is 0.956. The third-order valence-electron chi connectivity index (χ3n) is 2.99. The van der Waals surface area contributed by atoms with E-state index in [1.54, 1.807) is 7.11 Å². The van der Waals surface area contributed by atoms with Gasteiger partial charge in [0.05, 0.1) is 7.11 Å². The molecule has 0 bridgehead atoms. The van der Waals surface area contributed by atoms with E-state index in [4.69, 9.17) is 4.74 Å². The van der Waals surface area contributed by atoms with Gasteiger partial charge in [-0.15, -0.1) is 0 Å². The number of benzene rings is 2. The van der Waals surface area contributed by atoms with Crippen LogP contribution in [0, 0.1) is 13.8 Å². The van der Waals surface area contributed by atoms with E-state index < -0.39 is 0 Å². The van der Waals surface area contributed by atoms with Crippen molar-refractivity contribution in [1.82, 2.24) is 0 Å². The van der Waals surface area contributed by atoms with Gasteiger partial charge in [0, 0.05) is 0 Å². The van der Waals surface area contributed by atoms with Crippen molar-refractivity contribution in [3.63, 3.8) is 0 Å². The molecular formula is C16H18O. The molecule has 17 heavy (non-hydrogen) atoms. The van der Waals surface area contributed by atoms with E-state index in [9.17, 15) is 0 Å². The normalized spacial score (nSPS) is 10.3. The van der Waals surface area contributed by atoms with Gasteiger partial charge in [-0.1, -0.05) is 42.0 Å². The second-order valence-corrected chi connectivity index (χ2v) is 4.47. The fraction of sp³-hybridized carbons (Fsp3) is 0.250. The summed E-state index contributed by atoms with van der Waals surface area (Å²) in [6.45, 7) is 4.19. The van der Waals surface area contributed by atoms with E-state index in [1.165, 1.54) is 22.3 Å². The van der Waals surface area contributed by atoms with Gasteiger partial charge in [0.2, 0.25) is 0 Å². The van der Waals surface area contributed by atoms with Crippen LogP contribution >= 0.6 is 0 Å². The average Bonchev–Trinajstić information content (AvgIpc) is 2.32. The third kappa shape index (κ3) is 2.88. The highest BCUT2D eigenvalue weighted by atomic mass is 16.5. The molecule has 2 rings (SSSR count). The zero-order chi connectivity index (χ0) is 12.3. The Kier molecular flexibility index (Phi) is 3.48. The zero-order valence-electron chi connectivity index (χ0n) is 10.7. The summed E-state index contributed by atoms with van der Waals surface area (Å²) >= 11 is 0. The van der Waals surface area contributed by atoms with Crippen molar-refractivity contribution in [2.45, 2.75) is 20.3 Å². The lowest BCUT2D eigenvalue weighted by molar-refractivity contribution is 0.411. The van der Waals surface area contributed by atoms with Crippen molar-refractivity contribution >= 4 is 0 Å². The van der Waals surface area contributed by atoms with Gasteiger partial charge in [0.25, 0.3) is 0 Å². The summed E-state index contributed by atoms with van der Waals surface area (Å²) < 4.78 is 5.27. The lowest BCUT2D eigenvalue weighted by Crippen LogP contribution is -1.92. The van der Waals surface area contributed by atoms with Gasteiger partial charge in [-0.05, 0) is 43.0 Å². The topological polar surface area (TPSA) is 9.23 Å². The molecule has 0 N–H and O–H groups in total. The summed E-state index contributed by atoms with van der Waals surface area (Å²) in [6.07, 6.45) is 0.977. The first-order chi connectivity index (χ1) is 8.19. The molecule has 0 radical (unpaired) electrons. The van der Waals surface area contributed by atoms with Crippen LogP contribution in [0.3, 0.4) is 0 Å². The van der Waals surface area contributed by atoms with E-state index in [1.807, 2.05) is 6.07 Å². The van der Waals surface area contributed by atoms with Gasteiger partial charge in [-0.3, -0.25) is 0 Å². The standard InChI is InChI=1S/C16H18O/c1-12-4-6-14(7-5-12)11-15-8-9-16(17-3)13(2)10-15/h4-10H,11H2,1-3H3. The summed E-state index contributed by atoms with van der Waals surface area (Å²) in [5.41, 5.74) is 5.17. The number of hydrogen-bond donors (Lipinski definition) is 0. The Morgan fingerprint density at radius 1 is 0.882 bits per heavy atom. The number of methoxy groups -OCH3 is 1. The van der Waals surface area contributed by atoms with E-state index in [0.717, 1.165) is 12.2 Å². The summed E-state index contributed by atoms with van der Waals surface area (Å²) in [4.78, 5) is 0. The van der Waals surface area contributed by atoms with Gasteiger partial charge in [0.1, 0.15) is 5.75 Å². The van der Waals surface area contributed by atoms with E-state index >= 15 is 0 Å². The van der Waals surface area contributed by atoms with Gasteiger partial charge in [-0.25, -0.2) is 0 Å². The molecule has 0 aliphatic rings. The number of rotatable bonds is 3. The molecule has 0 aliphatic heterocycles. The Morgan fingerprint density at radius 3 is 2.12 bits per heavy atom. The minimum Gasteiger partial charge on any atom is -0.496 e. The lowest BCUT2D eigenvalue weighted by Gasteiger charge is -2.07. The highest BCUT2D eigenvalue weighted by Gasteiger charge is 2.01. The molecule has 0 spiro atoms. The number of aryl methyl sites for hydroxylation is 2. The van der Waals surface area contributed by atoms with Crippen LogP contribution in [0.5, 0.6) is 5.75 Å². The molecule has 0 aromatic heterocycles. The highest BCUT2D eigenvalue weighted by molar-refractivity contribution is 5.38. The molecule has 0 fully saturated rings. The fourth-order valence-corrected chi connectivity index (χ4v) is 1.99. The van der Waals surface area contributed by atoms with Crippen LogP contribution in [0.1, 0.15) is 22.3 Å². The quantitative estimate of drug-likeness (QED) is 0.771. The van der Waals surface area contributed by atoms with Crippen molar-refractivity contribution < 1.29 is 4.74 Å². The van der Waals surface area contributed by atoms with Gasteiger partial charge < -0.3 is 4.74 Å². The first-order valence-corrected chi connectivity index (χ1v) is 5.88. The minimum absolute atomic E-state index is 0.956. The maximum atomic E-state index is 5.27. The predicted octanol–water partition coefficient (Wildman–Crippen LogP) is 3.90. The number of ether oxygens (including phenoxy) is 1. The van der Waals surface area contributed by atoms with Crippen LogP contribution in [0.25, 0.3) is 0 Å². The van der Waals surface area contributed by atoms with Crippen molar-refractivity contribution in [3.05, 3.63) is 64.7 Å². The third-order valence-corrected chi connectivity index (χ3v) is 2.99. The van der Waals surface area contributed by atoms with E-state index in [2.05, 4.69) is 50.2 Å². The molecule has 0 saturated carbocycles. The minimum atomic E-state index is 0.956. The first-order valence-electron chi connectivity index (χ1n) is 5.88. The van der Waals surface area contributed by atoms with Crippen LogP contribution in [0.15, 0.2) is 42.5 Å². The van der Waals surface area contributed by atoms with Crippen LogP contribution < -0.4 is 4.74 Å². The lowest BCUT2D eigenvalue weighted by atomic mass is 10.0. The Labute approximate surface area is 103 Å². The highest BCUT2D eigenvalue weighted by Crippen LogP contribution is 2.20. The molecule has 0 atom stereocenters. The van der Waals surface area contributed by atoms with Crippen molar-refractivity contribution in [2.75, 3.05) is 7.11 Å². The van der Waals surface area contributed by atoms with Crippen LogP contribution in [-0.2, 0) is 6.42 Å². The van der Waals surface area contributed by atoms with Crippen molar-refractivity contribution in [3.8, 4) is 5.75 Å². The Bertz CT molecular complexity index is 497. The maximum Gasteiger partial charge on any atom is 0.121 e. The Balaban J connectivity index is 2.19. The smallest absolute Gasteiger partial charge is 0.121 e. The molecule has 1 heteroatoms. The molecule has 0 unspecified atom stereocenters. The fourth-order valence-electron chi connectivity index (χ4n) is 1.99. The molecule has 2 aromatic carbocycles. The van der Waals surface area contributed by atoms with E-state index in [-0.39, 0.29) is 0 Å². The molecule has 0 saturated heterocycles. The second kappa shape index (κ2) is 5.05. The maximum absolute atomic E-state index is 5.27. The molecule has 1 nitrogen and oxygen atoms in total. The van der Waals surface area contributed by atoms with Gasteiger partial charge >= 0.3 is 0 Å². The molecule has 0 aliphatic carbocycles. The van der Waals surface area contributed by atoms with Crippen LogP contribution in [0.4, 0.5) is 0 Å². The van der Waals surface area contributed by atoms with Gasteiger partial charge in [-0.2, -0.15) is 0 Å². The Morgan fingerprint density at radius 2 is 1.53 bits per heavy atom. The van der Waals surface area contributed by atoms with Gasteiger partial charge in [0.15, 0.2) is 0 Å². The summed E-state index contributed by atoms with van der Waals surface area (Å²) in [5, 5.41) is 0. The summed E-state index contributed by atoms with van der Waals surface area (Å²) in [7, 11) is 1.71. The van der Waals surface area contributed by atoms with Crippen LogP contribution in [0.2, 0.25) is 0 Å². The van der Waals surface area contributed by atoms with Crippen LogP contribution in [-0.4, -0.2) is 7.11 Å². The molecule has 0 heterocycles. The van der Waals surface area contributed by atoms with Crippen molar-refractivity contribution in [1.29, 1.82) is 0 Å². The summed E-state index contributed by atoms with van der Waals surface area (Å²) in [6, 6.07) is 15.1. The molecule has 2 aromatic rings. The monoisotopic (exact) mass is 226 g/mol. The SMILES string of the molecule is COc1ccc(Cc2ccc(C)cc2)cc1C. The van der Waals surface area contributed by atoms with Crippen molar-refractivity contribution in [2.24, 2.45) is 0 Å². The first kappa shape index (κ1) is 11.7. The largest absolute Gasteiger partial charge is 0.496 e. The average molecular weight is 226 g/mol. The molecular weight excluding hydrogens is 208 g/mol. The second-order valence-electron chi connectivity index (χ2n) is 4.47. The molecule has 88 valence electrons. The predicted molar refractivity (Wildman–Crippen MR) is 71.7 cm³/mol. The molecule has 0 amide bonds.